The van der Waals surface area contributed by atoms with Crippen LogP contribution in [0, 0.1) is 0 Å². The molecule has 0 aliphatic rings. The van der Waals surface area contributed by atoms with Gasteiger partial charge in [-0.3, -0.25) is 0 Å². The van der Waals surface area contributed by atoms with Crippen molar-refractivity contribution in [2.24, 2.45) is 0 Å². The van der Waals surface area contributed by atoms with Gasteiger partial charge in [0, 0.05) is 13.1 Å². The molecule has 0 aromatic rings. The van der Waals surface area contributed by atoms with Gasteiger partial charge in [-0.05, 0) is 90.4 Å². The summed E-state index contributed by atoms with van der Waals surface area (Å²) in [6, 6.07) is 0. The smallest absolute Gasteiger partial charge is 0.434 e. The van der Waals surface area contributed by atoms with Gasteiger partial charge in [0.1, 0.15) is 0 Å². The molecule has 62 heavy (non-hydrogen) atoms. The summed E-state index contributed by atoms with van der Waals surface area (Å²) in [7, 11) is 0. The first-order valence-corrected chi connectivity index (χ1v) is 25.5. The molecule has 0 spiro atoms. The van der Waals surface area contributed by atoms with Crippen molar-refractivity contribution >= 4 is 18.5 Å². The topological polar surface area (TPSA) is 154 Å². The average molecular weight is 889 g/mol. The molecule has 0 saturated heterocycles. The molecule has 0 amide bonds. The predicted octanol–water partition coefficient (Wildman–Crippen LogP) is 11.8. The molecule has 0 rings (SSSR count). The molecule has 0 saturated carbocycles. The van der Waals surface area contributed by atoms with Crippen LogP contribution in [0.25, 0.3) is 0 Å². The number of nitrogens with zero attached hydrogens (tertiary/aromatic N) is 2. The van der Waals surface area contributed by atoms with Crippen LogP contribution in [-0.2, 0) is 28.4 Å². The summed E-state index contributed by atoms with van der Waals surface area (Å²) < 4.78 is 31.2. The van der Waals surface area contributed by atoms with Gasteiger partial charge in [0.2, 0.25) is 0 Å². The maximum Gasteiger partial charge on any atom is 0.508 e. The highest BCUT2D eigenvalue weighted by atomic mass is 16.7. The SMILES string of the molecule is CCCCCCCCCOC(=O)OCCCCCCN(CCO)CCCCCCOC(=O)OCCCCCCN(CCO)CCCCCCOC(=O)OCCCCCCCCC. The first-order valence-electron chi connectivity index (χ1n) is 25.5. The van der Waals surface area contributed by atoms with E-state index in [2.05, 4.69) is 23.6 Å². The number of unbranched alkanes of at least 4 members (excludes halogenated alkanes) is 24. The van der Waals surface area contributed by atoms with Crippen molar-refractivity contribution in [1.82, 2.24) is 9.80 Å². The van der Waals surface area contributed by atoms with Crippen molar-refractivity contribution in [2.75, 3.05) is 92.1 Å². The molecule has 0 bridgehead atoms. The Morgan fingerprint density at radius 2 is 0.484 bits per heavy atom. The molecule has 0 unspecified atom stereocenters. The zero-order valence-corrected chi connectivity index (χ0v) is 40.1. The number of hydrogen-bond acceptors (Lipinski definition) is 13. The fourth-order valence-electron chi connectivity index (χ4n) is 7.29. The van der Waals surface area contributed by atoms with Crippen LogP contribution >= 0.6 is 0 Å². The summed E-state index contributed by atoms with van der Waals surface area (Å²) in [5.41, 5.74) is 0. The second-order valence-corrected chi connectivity index (χ2v) is 16.9. The third-order valence-electron chi connectivity index (χ3n) is 11.1. The number of carbonyl (C=O) groups excluding carboxylic acids is 3. The summed E-state index contributed by atoms with van der Waals surface area (Å²) >= 11 is 0. The molecule has 0 radical (unpaired) electrons. The second-order valence-electron chi connectivity index (χ2n) is 16.9. The van der Waals surface area contributed by atoms with Gasteiger partial charge in [-0.2, -0.15) is 0 Å². The molecule has 0 aromatic heterocycles. The van der Waals surface area contributed by atoms with Gasteiger partial charge in [-0.25, -0.2) is 14.4 Å². The Hall–Kier alpha value is -2.35. The zero-order chi connectivity index (χ0) is 45.2. The number of aliphatic hydroxyl groups is 2. The quantitative estimate of drug-likeness (QED) is 0.0339. The normalized spacial score (nSPS) is 11.3. The van der Waals surface area contributed by atoms with E-state index in [0.29, 0.717) is 52.7 Å². The van der Waals surface area contributed by atoms with E-state index in [0.717, 1.165) is 155 Å². The molecule has 0 atom stereocenters. The Morgan fingerprint density at radius 3 is 0.694 bits per heavy atom. The van der Waals surface area contributed by atoms with Gasteiger partial charge in [0.25, 0.3) is 0 Å². The predicted molar refractivity (Wildman–Crippen MR) is 249 cm³/mol. The van der Waals surface area contributed by atoms with E-state index >= 15 is 0 Å². The Kier molecular flexibility index (Phi) is 47.8. The highest BCUT2D eigenvalue weighted by Crippen LogP contribution is 2.11. The van der Waals surface area contributed by atoms with Crippen LogP contribution in [-0.4, -0.2) is 131 Å². The molecule has 13 heteroatoms. The first kappa shape index (κ1) is 59.6. The lowest BCUT2D eigenvalue weighted by atomic mass is 10.1. The fraction of sp³-hybridized carbons (Fsp3) is 0.939. The average Bonchev–Trinajstić information content (AvgIpc) is 3.26. The Labute approximate surface area is 379 Å². The molecular weight excluding hydrogens is 793 g/mol. The van der Waals surface area contributed by atoms with Crippen LogP contribution in [0.15, 0.2) is 0 Å². The van der Waals surface area contributed by atoms with Gasteiger partial charge in [-0.1, -0.05) is 142 Å². The Morgan fingerprint density at radius 1 is 0.290 bits per heavy atom. The van der Waals surface area contributed by atoms with E-state index in [9.17, 15) is 24.6 Å². The van der Waals surface area contributed by atoms with Crippen molar-refractivity contribution in [2.45, 2.75) is 206 Å². The highest BCUT2D eigenvalue weighted by molar-refractivity contribution is 5.60. The van der Waals surface area contributed by atoms with Gasteiger partial charge < -0.3 is 48.4 Å². The second kappa shape index (κ2) is 49.7. The van der Waals surface area contributed by atoms with Crippen molar-refractivity contribution in [1.29, 1.82) is 0 Å². The third-order valence-corrected chi connectivity index (χ3v) is 11.1. The molecule has 0 aliphatic heterocycles. The summed E-state index contributed by atoms with van der Waals surface area (Å²) in [5, 5.41) is 19.0. The number of ether oxygens (including phenoxy) is 6. The van der Waals surface area contributed by atoms with E-state index in [1.807, 2.05) is 0 Å². The third kappa shape index (κ3) is 45.7. The van der Waals surface area contributed by atoms with Gasteiger partial charge in [0.05, 0.1) is 52.9 Å². The van der Waals surface area contributed by atoms with Crippen molar-refractivity contribution in [3.8, 4) is 0 Å². The standard InChI is InChI=1S/C49H96N2O11/c1-3-5-7-9-11-17-27-41-57-47(54)59-43-29-19-13-23-33-50(37-39-52)35-25-15-21-31-45-61-49(56)62-46-32-22-16-26-36-51(38-40-53)34-24-14-20-30-44-60-48(55)58-42-28-18-12-10-8-6-4-2/h52-53H,3-46H2,1-2H3. The molecular formula is C49H96N2O11. The lowest BCUT2D eigenvalue weighted by molar-refractivity contribution is 0.0519. The number of aliphatic hydroxyl groups excluding tert-OH is 2. The monoisotopic (exact) mass is 889 g/mol. The summed E-state index contributed by atoms with van der Waals surface area (Å²) in [6.45, 7) is 12.2. The Balaban J connectivity index is 3.67. The molecule has 0 heterocycles. The van der Waals surface area contributed by atoms with E-state index in [-0.39, 0.29) is 13.2 Å². The summed E-state index contributed by atoms with van der Waals surface area (Å²) in [6.07, 6.45) is 30.4. The van der Waals surface area contributed by atoms with Gasteiger partial charge in [0.15, 0.2) is 0 Å². The molecule has 368 valence electrons. The van der Waals surface area contributed by atoms with Crippen LogP contribution in [0.1, 0.15) is 206 Å². The largest absolute Gasteiger partial charge is 0.508 e. The van der Waals surface area contributed by atoms with Crippen LogP contribution in [0.2, 0.25) is 0 Å². The first-order chi connectivity index (χ1) is 30.5. The van der Waals surface area contributed by atoms with E-state index < -0.39 is 18.5 Å². The van der Waals surface area contributed by atoms with Crippen LogP contribution in [0.4, 0.5) is 14.4 Å². The van der Waals surface area contributed by atoms with Gasteiger partial charge in [-0.15, -0.1) is 0 Å². The molecule has 0 fully saturated rings. The summed E-state index contributed by atoms with van der Waals surface area (Å²) in [5.74, 6) is 0. The lowest BCUT2D eigenvalue weighted by Crippen LogP contribution is -2.29. The molecule has 0 aliphatic carbocycles. The van der Waals surface area contributed by atoms with Crippen LogP contribution in [0.3, 0.4) is 0 Å². The zero-order valence-electron chi connectivity index (χ0n) is 40.1. The maximum atomic E-state index is 12.0. The van der Waals surface area contributed by atoms with Crippen LogP contribution < -0.4 is 0 Å². The van der Waals surface area contributed by atoms with Crippen molar-refractivity contribution in [3.63, 3.8) is 0 Å². The lowest BCUT2D eigenvalue weighted by Gasteiger charge is -2.21. The minimum Gasteiger partial charge on any atom is -0.434 e. The number of hydrogen-bond donors (Lipinski definition) is 2. The van der Waals surface area contributed by atoms with E-state index in [1.54, 1.807) is 0 Å². The Bertz CT molecular complexity index is 889. The number of carbonyl (C=O) groups is 3. The number of rotatable bonds is 48. The maximum absolute atomic E-state index is 12.0. The molecule has 0 aromatic carbocycles. The highest BCUT2D eigenvalue weighted by Gasteiger charge is 2.09. The minimum absolute atomic E-state index is 0.148. The van der Waals surface area contributed by atoms with Crippen LogP contribution in [0.5, 0.6) is 0 Å². The van der Waals surface area contributed by atoms with Gasteiger partial charge >= 0.3 is 18.5 Å². The minimum atomic E-state index is -0.594. The summed E-state index contributed by atoms with van der Waals surface area (Å²) in [4.78, 5) is 40.1. The molecule has 2 N–H and O–H groups in total. The van der Waals surface area contributed by atoms with Crippen molar-refractivity contribution in [3.05, 3.63) is 0 Å². The fourth-order valence-corrected chi connectivity index (χ4v) is 7.29. The van der Waals surface area contributed by atoms with E-state index in [4.69, 9.17) is 28.4 Å². The molecule has 13 nitrogen and oxygen atoms in total. The van der Waals surface area contributed by atoms with E-state index in [1.165, 1.54) is 64.2 Å². The van der Waals surface area contributed by atoms with Crippen molar-refractivity contribution < 1.29 is 53.0 Å².